The fourth-order valence-electron chi connectivity index (χ4n) is 2.50. The first-order valence-corrected chi connectivity index (χ1v) is 8.53. The third kappa shape index (κ3) is 4.04. The Balaban J connectivity index is 2.29. The molecule has 1 nitrogen and oxygen atoms in total. The summed E-state index contributed by atoms with van der Waals surface area (Å²) in [6.45, 7) is 8.52. The van der Waals surface area contributed by atoms with Crippen molar-refractivity contribution >= 4 is 38.1 Å². The lowest BCUT2D eigenvalue weighted by molar-refractivity contribution is 0.819. The van der Waals surface area contributed by atoms with E-state index in [4.69, 9.17) is 4.99 Å². The van der Waals surface area contributed by atoms with E-state index >= 15 is 0 Å². The van der Waals surface area contributed by atoms with Gasteiger partial charge in [-0.15, -0.1) is 0 Å². The van der Waals surface area contributed by atoms with Gasteiger partial charge in [-0.1, -0.05) is 55.6 Å². The van der Waals surface area contributed by atoms with Gasteiger partial charge in [0.25, 0.3) is 0 Å². The fourth-order valence-corrected chi connectivity index (χ4v) is 3.88. The van der Waals surface area contributed by atoms with Crippen molar-refractivity contribution in [3.8, 4) is 0 Å². The number of benzene rings is 2. The monoisotopic (exact) mass is 407 g/mol. The van der Waals surface area contributed by atoms with Crippen molar-refractivity contribution < 1.29 is 0 Å². The van der Waals surface area contributed by atoms with Crippen molar-refractivity contribution in [3.63, 3.8) is 0 Å². The van der Waals surface area contributed by atoms with E-state index in [1.807, 2.05) is 6.21 Å². The predicted octanol–water partition coefficient (Wildman–Crippen LogP) is 6.32. The Labute approximate surface area is 143 Å². The van der Waals surface area contributed by atoms with Gasteiger partial charge in [0, 0.05) is 15.2 Å². The first-order chi connectivity index (χ1) is 9.88. The summed E-state index contributed by atoms with van der Waals surface area (Å²) in [5, 5.41) is 0. The van der Waals surface area contributed by atoms with Crippen LogP contribution in [-0.4, -0.2) is 6.21 Å². The molecule has 2 aromatic rings. The number of aliphatic imine (C=N–C) groups is 1. The third-order valence-corrected chi connectivity index (χ3v) is 4.76. The molecular formula is C18H19Br2N. The molecule has 0 fully saturated rings. The van der Waals surface area contributed by atoms with Gasteiger partial charge in [-0.2, -0.15) is 0 Å². The lowest BCUT2D eigenvalue weighted by Gasteiger charge is -2.11. The van der Waals surface area contributed by atoms with Crippen LogP contribution in [0.3, 0.4) is 0 Å². The molecule has 0 aliphatic heterocycles. The normalized spacial score (nSPS) is 12.9. The summed E-state index contributed by atoms with van der Waals surface area (Å²) in [7, 11) is 0. The molecule has 21 heavy (non-hydrogen) atoms. The predicted molar refractivity (Wildman–Crippen MR) is 98.5 cm³/mol. The van der Waals surface area contributed by atoms with E-state index in [0.717, 1.165) is 8.95 Å². The van der Waals surface area contributed by atoms with E-state index in [2.05, 4.69) is 89.9 Å². The molecular weight excluding hydrogens is 390 g/mol. The first kappa shape index (κ1) is 16.4. The highest BCUT2D eigenvalue weighted by molar-refractivity contribution is 9.11. The Bertz CT molecular complexity index is 667. The van der Waals surface area contributed by atoms with Crippen LogP contribution in [0.4, 0.5) is 0 Å². The highest BCUT2D eigenvalue weighted by atomic mass is 79.9. The molecule has 1 atom stereocenters. The largest absolute Gasteiger partial charge is 0.285 e. The maximum Gasteiger partial charge on any atom is 0.0731 e. The molecule has 3 heteroatoms. The zero-order chi connectivity index (χ0) is 15.6. The molecule has 2 rings (SSSR count). The van der Waals surface area contributed by atoms with Crippen LogP contribution in [0, 0.1) is 20.8 Å². The second-order valence-electron chi connectivity index (χ2n) is 5.43. The molecule has 0 amide bonds. The summed E-state index contributed by atoms with van der Waals surface area (Å²) in [5.41, 5.74) is 6.26. The van der Waals surface area contributed by atoms with Gasteiger partial charge in [0.2, 0.25) is 0 Å². The van der Waals surface area contributed by atoms with Crippen molar-refractivity contribution in [2.45, 2.75) is 33.7 Å². The minimum absolute atomic E-state index is 0.118. The van der Waals surface area contributed by atoms with Crippen molar-refractivity contribution in [2.75, 3.05) is 0 Å². The first-order valence-electron chi connectivity index (χ1n) is 6.94. The van der Waals surface area contributed by atoms with Gasteiger partial charge in [-0.25, -0.2) is 0 Å². The Kier molecular flexibility index (Phi) is 5.39. The highest BCUT2D eigenvalue weighted by Crippen LogP contribution is 2.28. The van der Waals surface area contributed by atoms with Gasteiger partial charge in [0.05, 0.1) is 6.04 Å². The summed E-state index contributed by atoms with van der Waals surface area (Å²) in [5.74, 6) is 0. The van der Waals surface area contributed by atoms with E-state index in [9.17, 15) is 0 Å². The number of rotatable bonds is 3. The van der Waals surface area contributed by atoms with Crippen molar-refractivity contribution in [1.82, 2.24) is 0 Å². The van der Waals surface area contributed by atoms with Gasteiger partial charge in [-0.3, -0.25) is 4.99 Å². The van der Waals surface area contributed by atoms with Gasteiger partial charge >= 0.3 is 0 Å². The van der Waals surface area contributed by atoms with Crippen LogP contribution in [-0.2, 0) is 0 Å². The molecule has 0 N–H and O–H groups in total. The van der Waals surface area contributed by atoms with Gasteiger partial charge in [-0.05, 0) is 62.1 Å². The average Bonchev–Trinajstić information content (AvgIpc) is 2.36. The molecule has 0 bridgehead atoms. The number of halogens is 2. The van der Waals surface area contributed by atoms with E-state index in [1.54, 1.807) is 0 Å². The smallest absolute Gasteiger partial charge is 0.0731 e. The van der Waals surface area contributed by atoms with Crippen LogP contribution in [0.2, 0.25) is 0 Å². The summed E-state index contributed by atoms with van der Waals surface area (Å²) in [6.07, 6.45) is 2.00. The molecule has 0 saturated carbocycles. The number of nitrogens with zero attached hydrogens (tertiary/aromatic N) is 1. The van der Waals surface area contributed by atoms with Crippen molar-refractivity contribution in [1.29, 1.82) is 0 Å². The Morgan fingerprint density at radius 1 is 1.00 bits per heavy atom. The van der Waals surface area contributed by atoms with Crippen LogP contribution < -0.4 is 0 Å². The molecule has 0 saturated heterocycles. The summed E-state index contributed by atoms with van der Waals surface area (Å²) >= 11 is 7.09. The number of aryl methyl sites for hydroxylation is 3. The van der Waals surface area contributed by atoms with Crippen LogP contribution in [0.5, 0.6) is 0 Å². The maximum atomic E-state index is 4.74. The zero-order valence-electron chi connectivity index (χ0n) is 12.7. The second kappa shape index (κ2) is 6.89. The molecule has 2 aromatic carbocycles. The van der Waals surface area contributed by atoms with E-state index in [1.165, 1.54) is 27.8 Å². The molecule has 110 valence electrons. The topological polar surface area (TPSA) is 12.4 Å². The summed E-state index contributed by atoms with van der Waals surface area (Å²) in [6, 6.07) is 10.7. The lowest BCUT2D eigenvalue weighted by Crippen LogP contribution is -1.97. The highest BCUT2D eigenvalue weighted by Gasteiger charge is 2.08. The maximum absolute atomic E-state index is 4.74. The van der Waals surface area contributed by atoms with E-state index in [-0.39, 0.29) is 6.04 Å². The molecule has 0 aliphatic carbocycles. The average molecular weight is 409 g/mol. The van der Waals surface area contributed by atoms with Crippen molar-refractivity contribution in [2.24, 2.45) is 4.99 Å². The Morgan fingerprint density at radius 2 is 1.62 bits per heavy atom. The summed E-state index contributed by atoms with van der Waals surface area (Å²) in [4.78, 5) is 4.74. The minimum atomic E-state index is 0.118. The standard InChI is InChI=1S/C18H19Br2N/c1-11-7-12(2)17(13(3)8-11)10-21-14(4)16-6-5-15(19)9-18(16)20/h5-10,14H,1-4H3/b21-10-. The van der Waals surface area contributed by atoms with Crippen LogP contribution in [0.25, 0.3) is 0 Å². The van der Waals surface area contributed by atoms with Gasteiger partial charge in [0.15, 0.2) is 0 Å². The number of hydrogen-bond donors (Lipinski definition) is 0. The molecule has 0 radical (unpaired) electrons. The molecule has 0 spiro atoms. The van der Waals surface area contributed by atoms with Gasteiger partial charge < -0.3 is 0 Å². The van der Waals surface area contributed by atoms with Crippen molar-refractivity contribution in [3.05, 3.63) is 67.1 Å². The lowest BCUT2D eigenvalue weighted by atomic mass is 10.0. The Hall–Kier alpha value is -0.930. The van der Waals surface area contributed by atoms with E-state index in [0.29, 0.717) is 0 Å². The SMILES string of the molecule is Cc1cc(C)c(/C=N\C(C)c2ccc(Br)cc2Br)c(C)c1. The van der Waals surface area contributed by atoms with Crippen LogP contribution >= 0.6 is 31.9 Å². The third-order valence-electron chi connectivity index (χ3n) is 3.58. The minimum Gasteiger partial charge on any atom is -0.285 e. The molecule has 0 aromatic heterocycles. The number of hydrogen-bond acceptors (Lipinski definition) is 1. The summed E-state index contributed by atoms with van der Waals surface area (Å²) < 4.78 is 2.15. The zero-order valence-corrected chi connectivity index (χ0v) is 15.9. The quantitative estimate of drug-likeness (QED) is 0.527. The molecule has 0 heterocycles. The van der Waals surface area contributed by atoms with E-state index < -0.39 is 0 Å². The molecule has 1 unspecified atom stereocenters. The molecule has 0 aliphatic rings. The van der Waals surface area contributed by atoms with Crippen LogP contribution in [0.1, 0.15) is 40.8 Å². The fraction of sp³-hybridized carbons (Fsp3) is 0.278. The van der Waals surface area contributed by atoms with Crippen LogP contribution in [0.15, 0.2) is 44.3 Å². The second-order valence-corrected chi connectivity index (χ2v) is 7.20. The van der Waals surface area contributed by atoms with Gasteiger partial charge in [0.1, 0.15) is 0 Å². The Morgan fingerprint density at radius 3 is 2.19 bits per heavy atom.